The van der Waals surface area contributed by atoms with Crippen LogP contribution in [0.3, 0.4) is 0 Å². The van der Waals surface area contributed by atoms with E-state index in [1.165, 1.54) is 24.8 Å². The first-order valence-corrected chi connectivity index (χ1v) is 5.41. The summed E-state index contributed by atoms with van der Waals surface area (Å²) in [5.41, 5.74) is 3.82. The molecule has 0 bridgehead atoms. The largest absolute Gasteiger partial charge is 0.308 e. The van der Waals surface area contributed by atoms with Crippen LogP contribution in [0.2, 0.25) is 0 Å². The van der Waals surface area contributed by atoms with Crippen LogP contribution < -0.4 is 11.3 Å². The molecule has 0 saturated heterocycles. The van der Waals surface area contributed by atoms with Gasteiger partial charge in [-0.3, -0.25) is 4.90 Å². The average Bonchev–Trinajstić information content (AvgIpc) is 2.15. The van der Waals surface area contributed by atoms with Crippen LogP contribution in [0.1, 0.15) is 24.8 Å². The van der Waals surface area contributed by atoms with Gasteiger partial charge in [-0.1, -0.05) is 6.42 Å². The molecular weight excluding hydrogens is 188 g/mol. The highest BCUT2D eigenvalue weighted by molar-refractivity contribution is 5.35. The van der Waals surface area contributed by atoms with Gasteiger partial charge in [-0.2, -0.15) is 0 Å². The smallest absolute Gasteiger partial charge is 0.140 e. The molecule has 1 fully saturated rings. The minimum absolute atomic E-state index is 0.731. The van der Waals surface area contributed by atoms with E-state index < -0.39 is 0 Å². The maximum Gasteiger partial charge on any atom is 0.140 e. The minimum atomic E-state index is 0.731. The minimum Gasteiger partial charge on any atom is -0.308 e. The Morgan fingerprint density at radius 2 is 2.40 bits per heavy atom. The van der Waals surface area contributed by atoms with Gasteiger partial charge < -0.3 is 5.43 Å². The zero-order chi connectivity index (χ0) is 10.7. The molecule has 4 heteroatoms. The number of hydrazine groups is 1. The van der Waals surface area contributed by atoms with Crippen molar-refractivity contribution in [3.63, 3.8) is 0 Å². The topological polar surface area (TPSA) is 54.2 Å². The third-order valence-electron chi connectivity index (χ3n) is 3.10. The number of aromatic nitrogens is 1. The Kier molecular flexibility index (Phi) is 3.18. The fraction of sp³-hybridized carbons (Fsp3) is 0.545. The summed E-state index contributed by atoms with van der Waals surface area (Å²) in [6, 6.07) is 4.80. The summed E-state index contributed by atoms with van der Waals surface area (Å²) >= 11 is 0. The highest BCUT2D eigenvalue weighted by Crippen LogP contribution is 2.24. The zero-order valence-corrected chi connectivity index (χ0v) is 9.11. The molecule has 15 heavy (non-hydrogen) atoms. The maximum atomic E-state index is 5.32. The number of hydrogen-bond donors (Lipinski definition) is 2. The molecule has 1 aromatic rings. The zero-order valence-electron chi connectivity index (χ0n) is 9.11. The van der Waals surface area contributed by atoms with Gasteiger partial charge in [-0.25, -0.2) is 10.8 Å². The van der Waals surface area contributed by atoms with Crippen molar-refractivity contribution < 1.29 is 0 Å². The molecule has 1 saturated carbocycles. The summed E-state index contributed by atoms with van der Waals surface area (Å²) in [6.45, 7) is 0.974. The van der Waals surface area contributed by atoms with Crippen LogP contribution in [-0.2, 0) is 6.54 Å². The van der Waals surface area contributed by atoms with E-state index in [0.717, 1.165) is 18.4 Å². The second-order valence-corrected chi connectivity index (χ2v) is 4.19. The van der Waals surface area contributed by atoms with E-state index in [9.17, 15) is 0 Å². The van der Waals surface area contributed by atoms with Crippen LogP contribution in [0.25, 0.3) is 0 Å². The number of pyridine rings is 1. The summed E-state index contributed by atoms with van der Waals surface area (Å²) in [5, 5.41) is 0. The molecule has 0 unspecified atom stereocenters. The number of nitrogens with zero attached hydrogens (tertiary/aromatic N) is 2. The summed E-state index contributed by atoms with van der Waals surface area (Å²) < 4.78 is 0. The van der Waals surface area contributed by atoms with Gasteiger partial charge in [0.05, 0.1) is 0 Å². The van der Waals surface area contributed by atoms with E-state index in [-0.39, 0.29) is 0 Å². The van der Waals surface area contributed by atoms with Crippen molar-refractivity contribution in [1.29, 1.82) is 0 Å². The highest BCUT2D eigenvalue weighted by Gasteiger charge is 2.21. The SMILES string of the molecule is CN(Cc1ccnc(NN)c1)C1CCC1. The predicted octanol–water partition coefficient (Wildman–Crippen LogP) is 1.35. The molecule has 1 heterocycles. The molecule has 0 spiro atoms. The lowest BCUT2D eigenvalue weighted by molar-refractivity contribution is 0.152. The van der Waals surface area contributed by atoms with Crippen LogP contribution in [0.15, 0.2) is 18.3 Å². The van der Waals surface area contributed by atoms with Gasteiger partial charge in [0, 0.05) is 18.8 Å². The van der Waals surface area contributed by atoms with Gasteiger partial charge in [0.25, 0.3) is 0 Å². The van der Waals surface area contributed by atoms with E-state index >= 15 is 0 Å². The summed E-state index contributed by atoms with van der Waals surface area (Å²) in [4.78, 5) is 6.49. The first kappa shape index (κ1) is 10.4. The molecule has 0 aromatic carbocycles. The van der Waals surface area contributed by atoms with Crippen LogP contribution in [0.4, 0.5) is 5.82 Å². The predicted molar refractivity (Wildman–Crippen MR) is 61.2 cm³/mol. The Labute approximate surface area is 90.5 Å². The van der Waals surface area contributed by atoms with Gasteiger partial charge in [0.15, 0.2) is 0 Å². The number of nitrogens with one attached hydrogen (secondary N) is 1. The standard InChI is InChI=1S/C11H18N4/c1-15(10-3-2-4-10)8-9-5-6-13-11(7-9)14-12/h5-7,10H,2-4,8,12H2,1H3,(H,13,14). The Balaban J connectivity index is 1.96. The number of hydrogen-bond acceptors (Lipinski definition) is 4. The second kappa shape index (κ2) is 4.59. The molecular formula is C11H18N4. The van der Waals surface area contributed by atoms with Crippen molar-refractivity contribution in [1.82, 2.24) is 9.88 Å². The lowest BCUT2D eigenvalue weighted by atomic mass is 9.91. The van der Waals surface area contributed by atoms with Gasteiger partial charge in [-0.15, -0.1) is 0 Å². The number of rotatable bonds is 4. The van der Waals surface area contributed by atoms with Crippen molar-refractivity contribution in [3.8, 4) is 0 Å². The van der Waals surface area contributed by atoms with Crippen molar-refractivity contribution in [2.24, 2.45) is 5.84 Å². The van der Waals surface area contributed by atoms with Gasteiger partial charge in [0.1, 0.15) is 5.82 Å². The van der Waals surface area contributed by atoms with Gasteiger partial charge >= 0.3 is 0 Å². The van der Waals surface area contributed by atoms with E-state index in [1.807, 2.05) is 12.1 Å². The lowest BCUT2D eigenvalue weighted by Crippen LogP contribution is -2.36. The lowest BCUT2D eigenvalue weighted by Gasteiger charge is -2.34. The molecule has 0 atom stereocenters. The number of nitrogen functional groups attached to an aromatic ring is 1. The second-order valence-electron chi connectivity index (χ2n) is 4.19. The normalized spacial score (nSPS) is 16.5. The van der Waals surface area contributed by atoms with Crippen molar-refractivity contribution in [2.75, 3.05) is 12.5 Å². The van der Waals surface area contributed by atoms with Crippen LogP contribution >= 0.6 is 0 Å². The third-order valence-corrected chi connectivity index (χ3v) is 3.10. The van der Waals surface area contributed by atoms with Crippen LogP contribution in [0, 0.1) is 0 Å². The molecule has 1 aliphatic carbocycles. The summed E-state index contributed by atoms with van der Waals surface area (Å²) in [5.74, 6) is 6.05. The Morgan fingerprint density at radius 1 is 1.60 bits per heavy atom. The quantitative estimate of drug-likeness (QED) is 0.577. The Bertz CT molecular complexity index is 322. The fourth-order valence-electron chi connectivity index (χ4n) is 1.90. The molecule has 0 radical (unpaired) electrons. The number of anilines is 1. The number of nitrogens with two attached hydrogens (primary N) is 1. The van der Waals surface area contributed by atoms with Crippen molar-refractivity contribution in [3.05, 3.63) is 23.9 Å². The first-order chi connectivity index (χ1) is 7.29. The molecule has 4 nitrogen and oxygen atoms in total. The monoisotopic (exact) mass is 206 g/mol. The highest BCUT2D eigenvalue weighted by atomic mass is 15.2. The fourth-order valence-corrected chi connectivity index (χ4v) is 1.90. The van der Waals surface area contributed by atoms with E-state index in [4.69, 9.17) is 5.84 Å². The van der Waals surface area contributed by atoms with Crippen molar-refractivity contribution >= 4 is 5.82 Å². The molecule has 1 aromatic heterocycles. The van der Waals surface area contributed by atoms with E-state index in [1.54, 1.807) is 6.20 Å². The Morgan fingerprint density at radius 3 is 3.00 bits per heavy atom. The molecule has 0 aliphatic heterocycles. The molecule has 82 valence electrons. The van der Waals surface area contributed by atoms with E-state index in [2.05, 4.69) is 22.4 Å². The molecule has 2 rings (SSSR count). The van der Waals surface area contributed by atoms with Crippen LogP contribution in [-0.4, -0.2) is 23.0 Å². The van der Waals surface area contributed by atoms with Gasteiger partial charge in [0.2, 0.25) is 0 Å². The first-order valence-electron chi connectivity index (χ1n) is 5.41. The third kappa shape index (κ3) is 2.46. The molecule has 0 amide bonds. The Hall–Kier alpha value is -1.13. The maximum absolute atomic E-state index is 5.32. The van der Waals surface area contributed by atoms with Crippen molar-refractivity contribution in [2.45, 2.75) is 31.8 Å². The van der Waals surface area contributed by atoms with Gasteiger partial charge in [-0.05, 0) is 37.6 Å². The summed E-state index contributed by atoms with van der Waals surface area (Å²) in [7, 11) is 2.18. The average molecular weight is 206 g/mol. The van der Waals surface area contributed by atoms with E-state index in [0.29, 0.717) is 0 Å². The molecule has 3 N–H and O–H groups in total. The molecule has 1 aliphatic rings. The summed E-state index contributed by atoms with van der Waals surface area (Å²) in [6.07, 6.45) is 5.84. The van der Waals surface area contributed by atoms with Crippen LogP contribution in [0.5, 0.6) is 0 Å².